The summed E-state index contributed by atoms with van der Waals surface area (Å²) in [6.07, 6.45) is -2.49. The molecule has 1 fully saturated rings. The van der Waals surface area contributed by atoms with Crippen LogP contribution in [0.4, 0.5) is 17.6 Å². The molecule has 2 heterocycles. The summed E-state index contributed by atoms with van der Waals surface area (Å²) < 4.78 is 55.4. The van der Waals surface area contributed by atoms with Gasteiger partial charge in [0.2, 0.25) is 0 Å². The van der Waals surface area contributed by atoms with Gasteiger partial charge in [0.1, 0.15) is 11.6 Å². The minimum Gasteiger partial charge on any atom is -0.303 e. The summed E-state index contributed by atoms with van der Waals surface area (Å²) in [5.41, 5.74) is -0.732. The van der Waals surface area contributed by atoms with E-state index in [-0.39, 0.29) is 22.1 Å². The van der Waals surface area contributed by atoms with Crippen LogP contribution < -0.4 is 5.56 Å². The number of benzene rings is 2. The van der Waals surface area contributed by atoms with E-state index in [0.717, 1.165) is 44.6 Å². The molecule has 0 aliphatic carbocycles. The molecule has 1 aromatic heterocycles. The van der Waals surface area contributed by atoms with Gasteiger partial charge in [-0.3, -0.25) is 9.36 Å². The number of fused-ring (bicyclic) bond motifs is 1. The Morgan fingerprint density at radius 1 is 1.16 bits per heavy atom. The Morgan fingerprint density at radius 3 is 2.66 bits per heavy atom. The summed E-state index contributed by atoms with van der Waals surface area (Å²) in [6, 6.07) is 6.79. The number of aryl methyl sites for hydroxylation is 1. The zero-order valence-electron chi connectivity index (χ0n) is 18.0. The van der Waals surface area contributed by atoms with E-state index in [1.807, 2.05) is 0 Å². The predicted molar refractivity (Wildman–Crippen MR) is 116 cm³/mol. The largest absolute Gasteiger partial charge is 0.416 e. The van der Waals surface area contributed by atoms with Crippen molar-refractivity contribution in [3.63, 3.8) is 0 Å². The SMILES string of the molecule is CCN1CCC[C@H](Cn2c(C)nc3ccc(-c4cc(C(F)(F)F)ccc4F)cc3c2=O)C1. The molecular weight excluding hydrogens is 422 g/mol. The van der Waals surface area contributed by atoms with Gasteiger partial charge >= 0.3 is 6.18 Å². The van der Waals surface area contributed by atoms with Gasteiger partial charge < -0.3 is 4.90 Å². The third-order valence-corrected chi connectivity index (χ3v) is 6.24. The number of rotatable bonds is 4. The Hall–Kier alpha value is -2.74. The van der Waals surface area contributed by atoms with Crippen LogP contribution in [0.15, 0.2) is 41.2 Å². The van der Waals surface area contributed by atoms with E-state index < -0.39 is 17.6 Å². The van der Waals surface area contributed by atoms with E-state index >= 15 is 0 Å². The number of alkyl halides is 3. The average Bonchev–Trinajstić information content (AvgIpc) is 2.76. The molecule has 0 spiro atoms. The van der Waals surface area contributed by atoms with Gasteiger partial charge in [-0.1, -0.05) is 13.0 Å². The molecule has 0 amide bonds. The zero-order valence-corrected chi connectivity index (χ0v) is 18.0. The van der Waals surface area contributed by atoms with Crippen LogP contribution in [-0.2, 0) is 12.7 Å². The normalized spacial score (nSPS) is 17.8. The molecule has 8 heteroatoms. The van der Waals surface area contributed by atoms with E-state index in [4.69, 9.17) is 0 Å². The molecule has 0 unspecified atom stereocenters. The first-order valence-corrected chi connectivity index (χ1v) is 10.8. The molecule has 32 heavy (non-hydrogen) atoms. The number of piperidine rings is 1. The molecule has 1 saturated heterocycles. The Balaban J connectivity index is 1.75. The minimum atomic E-state index is -4.59. The third-order valence-electron chi connectivity index (χ3n) is 6.24. The molecule has 3 aromatic rings. The molecule has 0 radical (unpaired) electrons. The molecule has 1 atom stereocenters. The summed E-state index contributed by atoms with van der Waals surface area (Å²) >= 11 is 0. The van der Waals surface area contributed by atoms with Gasteiger partial charge in [-0.2, -0.15) is 13.2 Å². The van der Waals surface area contributed by atoms with E-state index in [9.17, 15) is 22.4 Å². The van der Waals surface area contributed by atoms with Crippen LogP contribution in [0, 0.1) is 18.7 Å². The van der Waals surface area contributed by atoms with E-state index in [1.54, 1.807) is 17.6 Å². The highest BCUT2D eigenvalue weighted by Gasteiger charge is 2.31. The van der Waals surface area contributed by atoms with Crippen molar-refractivity contribution in [2.45, 2.75) is 39.4 Å². The molecule has 0 bridgehead atoms. The Morgan fingerprint density at radius 2 is 1.94 bits per heavy atom. The summed E-state index contributed by atoms with van der Waals surface area (Å²) in [4.78, 5) is 20.2. The van der Waals surface area contributed by atoms with E-state index in [0.29, 0.717) is 29.9 Å². The average molecular weight is 447 g/mol. The number of likely N-dealkylation sites (tertiary alicyclic amines) is 1. The lowest BCUT2D eigenvalue weighted by atomic mass is 9.97. The molecule has 0 saturated carbocycles. The summed E-state index contributed by atoms with van der Waals surface area (Å²) in [6.45, 7) is 7.37. The number of hydrogen-bond acceptors (Lipinski definition) is 3. The molecule has 1 aliphatic rings. The summed E-state index contributed by atoms with van der Waals surface area (Å²) in [7, 11) is 0. The molecule has 2 aromatic carbocycles. The molecule has 1 aliphatic heterocycles. The van der Waals surface area contributed by atoms with Crippen LogP contribution in [0.2, 0.25) is 0 Å². The number of hydrogen-bond donors (Lipinski definition) is 0. The highest BCUT2D eigenvalue weighted by molar-refractivity contribution is 5.84. The first kappa shape index (κ1) is 22.5. The fourth-order valence-electron chi connectivity index (χ4n) is 4.48. The molecular formula is C24H25F4N3O. The van der Waals surface area contributed by atoms with Crippen LogP contribution in [0.3, 0.4) is 0 Å². The topological polar surface area (TPSA) is 38.1 Å². The van der Waals surface area contributed by atoms with Crippen molar-refractivity contribution in [2.75, 3.05) is 19.6 Å². The summed E-state index contributed by atoms with van der Waals surface area (Å²) in [5.74, 6) is 0.136. The second-order valence-electron chi connectivity index (χ2n) is 8.40. The fourth-order valence-corrected chi connectivity index (χ4v) is 4.48. The second-order valence-corrected chi connectivity index (χ2v) is 8.40. The summed E-state index contributed by atoms with van der Waals surface area (Å²) in [5, 5.41) is 0.271. The maximum Gasteiger partial charge on any atom is 0.416 e. The van der Waals surface area contributed by atoms with Gasteiger partial charge in [0, 0.05) is 18.7 Å². The number of halogens is 4. The van der Waals surface area contributed by atoms with Gasteiger partial charge in [0.15, 0.2) is 0 Å². The van der Waals surface area contributed by atoms with Crippen molar-refractivity contribution >= 4 is 10.9 Å². The third kappa shape index (κ3) is 4.41. The number of aromatic nitrogens is 2. The van der Waals surface area contributed by atoms with Crippen LogP contribution in [0.1, 0.15) is 31.2 Å². The quantitative estimate of drug-likeness (QED) is 0.512. The lowest BCUT2D eigenvalue weighted by Crippen LogP contribution is -2.38. The van der Waals surface area contributed by atoms with Crippen LogP contribution in [0.25, 0.3) is 22.0 Å². The van der Waals surface area contributed by atoms with Crippen molar-refractivity contribution in [1.82, 2.24) is 14.5 Å². The van der Waals surface area contributed by atoms with E-state index in [2.05, 4.69) is 16.8 Å². The molecule has 0 N–H and O–H groups in total. The Labute approximate surface area is 183 Å². The zero-order chi connectivity index (χ0) is 23.0. The first-order valence-electron chi connectivity index (χ1n) is 10.8. The highest BCUT2D eigenvalue weighted by Crippen LogP contribution is 2.34. The van der Waals surface area contributed by atoms with Crippen molar-refractivity contribution < 1.29 is 17.6 Å². The second kappa shape index (κ2) is 8.65. The van der Waals surface area contributed by atoms with Crippen molar-refractivity contribution in [2.24, 2.45) is 5.92 Å². The van der Waals surface area contributed by atoms with Crippen LogP contribution in [-0.4, -0.2) is 34.1 Å². The maximum atomic E-state index is 14.4. The van der Waals surface area contributed by atoms with Gasteiger partial charge in [-0.15, -0.1) is 0 Å². The predicted octanol–water partition coefficient (Wildman–Crippen LogP) is 5.26. The molecule has 170 valence electrons. The minimum absolute atomic E-state index is 0.195. The van der Waals surface area contributed by atoms with Crippen LogP contribution in [0.5, 0.6) is 0 Å². The Kier molecular flexibility index (Phi) is 6.07. The standard InChI is InChI=1S/C24H25F4N3O/c1-3-30-10-4-5-16(13-30)14-31-15(2)29-22-9-6-17(11-20(22)23(31)32)19-12-18(24(26,27)28)7-8-21(19)25/h6-9,11-12,16H,3-5,10,13-14H2,1-2H3/t16-/m0/s1. The van der Waals surface area contributed by atoms with Gasteiger partial charge in [0.05, 0.1) is 16.5 Å². The highest BCUT2D eigenvalue weighted by atomic mass is 19.4. The molecule has 4 nitrogen and oxygen atoms in total. The molecule has 4 rings (SSSR count). The lowest BCUT2D eigenvalue weighted by molar-refractivity contribution is -0.137. The number of nitrogens with zero attached hydrogens (tertiary/aromatic N) is 3. The Bertz CT molecular complexity index is 1200. The fraction of sp³-hybridized carbons (Fsp3) is 0.417. The van der Waals surface area contributed by atoms with Crippen LogP contribution >= 0.6 is 0 Å². The maximum absolute atomic E-state index is 14.4. The van der Waals surface area contributed by atoms with Gasteiger partial charge in [-0.25, -0.2) is 9.37 Å². The van der Waals surface area contributed by atoms with Crippen molar-refractivity contribution in [3.05, 3.63) is 64.0 Å². The van der Waals surface area contributed by atoms with Crippen molar-refractivity contribution in [1.29, 1.82) is 0 Å². The first-order chi connectivity index (χ1) is 15.2. The smallest absolute Gasteiger partial charge is 0.303 e. The monoisotopic (exact) mass is 447 g/mol. The van der Waals surface area contributed by atoms with Gasteiger partial charge in [0.25, 0.3) is 5.56 Å². The van der Waals surface area contributed by atoms with Gasteiger partial charge in [-0.05, 0) is 74.7 Å². The van der Waals surface area contributed by atoms with Crippen molar-refractivity contribution in [3.8, 4) is 11.1 Å². The lowest BCUT2D eigenvalue weighted by Gasteiger charge is -2.32. The van der Waals surface area contributed by atoms with E-state index in [1.165, 1.54) is 12.1 Å².